The minimum Gasteiger partial charge on any atom is -0.379 e. The molecule has 0 unspecified atom stereocenters. The fourth-order valence-electron chi connectivity index (χ4n) is 2.90. The lowest BCUT2D eigenvalue weighted by molar-refractivity contribution is 0.00327. The molecule has 1 aliphatic heterocycles. The number of benzene rings is 1. The molecular weight excluding hydrogens is 236 g/mol. The monoisotopic (exact) mass is 258 g/mol. The van der Waals surface area contributed by atoms with E-state index < -0.39 is 0 Å². The molecule has 2 atom stereocenters. The lowest BCUT2D eigenvalue weighted by Crippen LogP contribution is -2.48. The summed E-state index contributed by atoms with van der Waals surface area (Å²) in [5, 5.41) is 9.62. The van der Waals surface area contributed by atoms with E-state index in [0.29, 0.717) is 5.92 Å². The van der Waals surface area contributed by atoms with Gasteiger partial charge in [-0.25, -0.2) is 0 Å². The predicted octanol–water partition coefficient (Wildman–Crippen LogP) is 2.65. The van der Waals surface area contributed by atoms with Crippen LogP contribution in [0, 0.1) is 17.2 Å². The summed E-state index contributed by atoms with van der Waals surface area (Å²) in [7, 11) is 0. The summed E-state index contributed by atoms with van der Waals surface area (Å²) in [6.45, 7) is 7.80. The molecule has 19 heavy (non-hydrogen) atoms. The fraction of sp³-hybridized carbons (Fsp3) is 0.562. The Hall–Kier alpha value is -1.37. The Bertz CT molecular complexity index is 418. The van der Waals surface area contributed by atoms with Crippen LogP contribution in [0.5, 0.6) is 0 Å². The van der Waals surface area contributed by atoms with Crippen LogP contribution in [0.25, 0.3) is 0 Å². The first-order valence-corrected chi connectivity index (χ1v) is 7.00. The van der Waals surface area contributed by atoms with Gasteiger partial charge in [0.15, 0.2) is 0 Å². The normalized spacial score (nSPS) is 19.9. The van der Waals surface area contributed by atoms with Crippen molar-refractivity contribution in [2.24, 2.45) is 5.92 Å². The van der Waals surface area contributed by atoms with Crippen molar-refractivity contribution in [1.82, 2.24) is 4.90 Å². The van der Waals surface area contributed by atoms with Crippen LogP contribution in [0.4, 0.5) is 0 Å². The van der Waals surface area contributed by atoms with Gasteiger partial charge in [0.05, 0.1) is 25.2 Å². The second-order valence-electron chi connectivity index (χ2n) is 5.40. The van der Waals surface area contributed by atoms with Gasteiger partial charge in [0.1, 0.15) is 0 Å². The molecule has 0 saturated carbocycles. The third-order valence-electron chi connectivity index (χ3n) is 3.79. The van der Waals surface area contributed by atoms with Crippen molar-refractivity contribution in [3.05, 3.63) is 35.9 Å². The molecule has 102 valence electrons. The van der Waals surface area contributed by atoms with Gasteiger partial charge in [-0.2, -0.15) is 5.26 Å². The van der Waals surface area contributed by atoms with E-state index in [1.54, 1.807) is 0 Å². The Balaban J connectivity index is 2.23. The van der Waals surface area contributed by atoms with Gasteiger partial charge < -0.3 is 4.74 Å². The van der Waals surface area contributed by atoms with Crippen LogP contribution >= 0.6 is 0 Å². The number of nitriles is 1. The molecule has 3 nitrogen and oxygen atoms in total. The highest BCUT2D eigenvalue weighted by Crippen LogP contribution is 2.28. The molecule has 1 aliphatic rings. The van der Waals surface area contributed by atoms with Crippen LogP contribution < -0.4 is 0 Å². The zero-order valence-electron chi connectivity index (χ0n) is 11.7. The molecule has 1 heterocycles. The van der Waals surface area contributed by atoms with E-state index in [1.807, 2.05) is 18.2 Å². The molecule has 0 aliphatic carbocycles. The van der Waals surface area contributed by atoms with Crippen molar-refractivity contribution >= 4 is 0 Å². The summed E-state index contributed by atoms with van der Waals surface area (Å²) in [6.07, 6.45) is 0. The highest BCUT2D eigenvalue weighted by atomic mass is 16.5. The molecule has 0 bridgehead atoms. The second kappa shape index (κ2) is 6.70. The van der Waals surface area contributed by atoms with Gasteiger partial charge >= 0.3 is 0 Å². The van der Waals surface area contributed by atoms with Crippen molar-refractivity contribution < 1.29 is 4.74 Å². The summed E-state index contributed by atoms with van der Waals surface area (Å²) in [5.41, 5.74) is 1.12. The molecule has 1 aromatic rings. The van der Waals surface area contributed by atoms with Crippen molar-refractivity contribution in [2.45, 2.75) is 25.8 Å². The van der Waals surface area contributed by atoms with Crippen LogP contribution in [0.3, 0.4) is 0 Å². The summed E-state index contributed by atoms with van der Waals surface area (Å²) in [4.78, 5) is 2.41. The molecular formula is C16H22N2O. The Morgan fingerprint density at radius 3 is 2.32 bits per heavy atom. The van der Waals surface area contributed by atoms with Gasteiger partial charge in [0.25, 0.3) is 0 Å². The summed E-state index contributed by atoms with van der Waals surface area (Å²) < 4.78 is 5.42. The van der Waals surface area contributed by atoms with Crippen LogP contribution in [0.15, 0.2) is 30.3 Å². The Kier molecular flexibility index (Phi) is 4.95. The molecule has 0 radical (unpaired) electrons. The van der Waals surface area contributed by atoms with Gasteiger partial charge in [-0.1, -0.05) is 44.2 Å². The summed E-state index contributed by atoms with van der Waals surface area (Å²) in [6, 6.07) is 12.9. The summed E-state index contributed by atoms with van der Waals surface area (Å²) >= 11 is 0. The molecule has 1 saturated heterocycles. The molecule has 2 rings (SSSR count). The first kappa shape index (κ1) is 14.0. The molecule has 0 N–H and O–H groups in total. The third kappa shape index (κ3) is 3.34. The molecule has 0 aromatic heterocycles. The van der Waals surface area contributed by atoms with Gasteiger partial charge in [-0.05, 0) is 11.5 Å². The Labute approximate surface area is 115 Å². The largest absolute Gasteiger partial charge is 0.379 e. The highest BCUT2D eigenvalue weighted by Gasteiger charge is 2.32. The number of hydrogen-bond acceptors (Lipinski definition) is 3. The van der Waals surface area contributed by atoms with Gasteiger partial charge in [0, 0.05) is 19.1 Å². The van der Waals surface area contributed by atoms with Crippen molar-refractivity contribution in [3.63, 3.8) is 0 Å². The van der Waals surface area contributed by atoms with Crippen LogP contribution in [-0.2, 0) is 4.74 Å². The number of nitrogens with zero attached hydrogens (tertiary/aromatic N) is 2. The number of hydrogen-bond donors (Lipinski definition) is 0. The fourth-order valence-corrected chi connectivity index (χ4v) is 2.90. The SMILES string of the molecule is CC(C)[C@@H]([C@@H](C#N)c1ccccc1)N1CCOCC1. The molecule has 1 aromatic carbocycles. The minimum absolute atomic E-state index is 0.0701. The first-order chi connectivity index (χ1) is 9.24. The zero-order chi connectivity index (χ0) is 13.7. The first-order valence-electron chi connectivity index (χ1n) is 7.00. The average molecular weight is 258 g/mol. The molecule has 1 fully saturated rings. The number of ether oxygens (including phenoxy) is 1. The van der Waals surface area contributed by atoms with Crippen molar-refractivity contribution in [1.29, 1.82) is 5.26 Å². The van der Waals surface area contributed by atoms with Gasteiger partial charge in [0.2, 0.25) is 0 Å². The van der Waals surface area contributed by atoms with Crippen LogP contribution in [0.2, 0.25) is 0 Å². The number of rotatable bonds is 4. The van der Waals surface area contributed by atoms with Gasteiger partial charge in [-0.3, -0.25) is 4.90 Å². The Morgan fingerprint density at radius 2 is 1.79 bits per heavy atom. The smallest absolute Gasteiger partial charge is 0.0870 e. The third-order valence-corrected chi connectivity index (χ3v) is 3.79. The highest BCUT2D eigenvalue weighted by molar-refractivity contribution is 5.27. The van der Waals surface area contributed by atoms with E-state index in [2.05, 4.69) is 36.9 Å². The van der Waals surface area contributed by atoms with Crippen molar-refractivity contribution in [3.8, 4) is 6.07 Å². The molecule has 0 amide bonds. The summed E-state index contributed by atoms with van der Waals surface area (Å²) in [5.74, 6) is 0.377. The minimum atomic E-state index is -0.0701. The van der Waals surface area contributed by atoms with E-state index >= 15 is 0 Å². The van der Waals surface area contributed by atoms with E-state index in [0.717, 1.165) is 31.9 Å². The second-order valence-corrected chi connectivity index (χ2v) is 5.40. The lowest BCUT2D eigenvalue weighted by Gasteiger charge is -2.39. The maximum Gasteiger partial charge on any atom is 0.0870 e. The van der Waals surface area contributed by atoms with E-state index in [4.69, 9.17) is 4.74 Å². The molecule has 3 heteroatoms. The Morgan fingerprint density at radius 1 is 1.16 bits per heavy atom. The maximum absolute atomic E-state index is 9.62. The average Bonchev–Trinajstić information content (AvgIpc) is 2.46. The zero-order valence-corrected chi connectivity index (χ0v) is 11.7. The molecule has 0 spiro atoms. The van der Waals surface area contributed by atoms with E-state index in [-0.39, 0.29) is 12.0 Å². The lowest BCUT2D eigenvalue weighted by atomic mass is 9.84. The number of morpholine rings is 1. The predicted molar refractivity (Wildman–Crippen MR) is 75.8 cm³/mol. The topological polar surface area (TPSA) is 36.3 Å². The van der Waals surface area contributed by atoms with Crippen LogP contribution in [-0.4, -0.2) is 37.2 Å². The van der Waals surface area contributed by atoms with Crippen molar-refractivity contribution in [2.75, 3.05) is 26.3 Å². The maximum atomic E-state index is 9.62. The van der Waals surface area contributed by atoms with Crippen LogP contribution in [0.1, 0.15) is 25.3 Å². The standard InChI is InChI=1S/C16H22N2O/c1-13(2)16(18-8-10-19-11-9-18)15(12-17)14-6-4-3-5-7-14/h3-7,13,15-16H,8-11H2,1-2H3/t15-,16-/m0/s1. The quantitative estimate of drug-likeness (QED) is 0.833. The van der Waals surface area contributed by atoms with E-state index in [1.165, 1.54) is 0 Å². The van der Waals surface area contributed by atoms with E-state index in [9.17, 15) is 5.26 Å². The van der Waals surface area contributed by atoms with Gasteiger partial charge in [-0.15, -0.1) is 0 Å².